The predicted octanol–water partition coefficient (Wildman–Crippen LogP) is 2.58. The van der Waals surface area contributed by atoms with Gasteiger partial charge in [-0.15, -0.1) is 0 Å². The third-order valence-electron chi connectivity index (χ3n) is 3.57. The minimum Gasteiger partial charge on any atom is -0.353 e. The van der Waals surface area contributed by atoms with E-state index in [4.69, 9.17) is 12.2 Å². The first-order valence-electron chi connectivity index (χ1n) is 7.15. The number of benzene rings is 1. The van der Waals surface area contributed by atoms with Crippen LogP contribution in [-0.4, -0.2) is 26.7 Å². The van der Waals surface area contributed by atoms with Crippen LogP contribution in [0.15, 0.2) is 24.3 Å². The fourth-order valence-corrected chi connectivity index (χ4v) is 2.41. The average molecular weight is 302 g/mol. The van der Waals surface area contributed by atoms with Crippen molar-refractivity contribution in [2.24, 2.45) is 0 Å². The van der Waals surface area contributed by atoms with E-state index in [1.807, 2.05) is 35.8 Å². The van der Waals surface area contributed by atoms with Crippen LogP contribution in [0.2, 0.25) is 0 Å². The summed E-state index contributed by atoms with van der Waals surface area (Å²) < 4.78 is 2.43. The Labute approximate surface area is 128 Å². The molecule has 5 nitrogen and oxygen atoms in total. The van der Waals surface area contributed by atoms with Crippen molar-refractivity contribution in [3.05, 3.63) is 34.6 Å². The van der Waals surface area contributed by atoms with Crippen molar-refractivity contribution in [3.63, 3.8) is 0 Å². The van der Waals surface area contributed by atoms with Gasteiger partial charge in [0, 0.05) is 24.6 Å². The number of rotatable bonds is 5. The van der Waals surface area contributed by atoms with E-state index in [1.165, 1.54) is 5.56 Å². The van der Waals surface area contributed by atoms with Crippen molar-refractivity contribution in [3.8, 4) is 11.4 Å². The van der Waals surface area contributed by atoms with Gasteiger partial charge in [-0.3, -0.25) is 14.5 Å². The first-order chi connectivity index (χ1) is 10.1. The van der Waals surface area contributed by atoms with E-state index in [0.29, 0.717) is 23.8 Å². The zero-order chi connectivity index (χ0) is 14.8. The molecule has 0 bridgehead atoms. The van der Waals surface area contributed by atoms with E-state index >= 15 is 0 Å². The minimum atomic E-state index is 0.0791. The van der Waals surface area contributed by atoms with Crippen LogP contribution >= 0.6 is 12.2 Å². The van der Waals surface area contributed by atoms with Crippen LogP contribution in [0.5, 0.6) is 0 Å². The highest BCUT2D eigenvalue weighted by atomic mass is 32.1. The molecule has 1 aliphatic rings. The fourth-order valence-electron chi connectivity index (χ4n) is 2.19. The molecule has 1 amide bonds. The third-order valence-corrected chi connectivity index (χ3v) is 3.88. The van der Waals surface area contributed by atoms with Crippen LogP contribution in [0, 0.1) is 11.7 Å². The number of aromatic amines is 1. The minimum absolute atomic E-state index is 0.0791. The molecule has 1 aromatic carbocycles. The fraction of sp³-hybridized carbons (Fsp3) is 0.400. The Morgan fingerprint density at radius 3 is 2.81 bits per heavy atom. The van der Waals surface area contributed by atoms with Crippen LogP contribution in [0.1, 0.15) is 24.8 Å². The van der Waals surface area contributed by atoms with Crippen LogP contribution in [0.25, 0.3) is 11.4 Å². The molecule has 110 valence electrons. The van der Waals surface area contributed by atoms with Gasteiger partial charge in [0.15, 0.2) is 10.6 Å². The first-order valence-corrected chi connectivity index (χ1v) is 7.56. The summed E-state index contributed by atoms with van der Waals surface area (Å²) in [6, 6.07) is 8.50. The number of H-pyrrole nitrogens is 1. The molecule has 0 spiro atoms. The molecule has 6 heteroatoms. The first kappa shape index (κ1) is 14.0. The zero-order valence-electron chi connectivity index (χ0n) is 11.9. The maximum atomic E-state index is 11.8. The molecule has 1 heterocycles. The molecule has 1 saturated carbocycles. The monoisotopic (exact) mass is 302 g/mol. The van der Waals surface area contributed by atoms with E-state index in [0.717, 1.165) is 24.2 Å². The summed E-state index contributed by atoms with van der Waals surface area (Å²) in [6.45, 7) is 2.58. The Morgan fingerprint density at radius 1 is 1.43 bits per heavy atom. The number of carbonyl (C=O) groups excluding carboxylic acids is 1. The number of amides is 1. The molecule has 0 radical (unpaired) electrons. The van der Waals surface area contributed by atoms with Gasteiger partial charge in [0.2, 0.25) is 5.91 Å². The van der Waals surface area contributed by atoms with Crippen LogP contribution in [-0.2, 0) is 11.3 Å². The van der Waals surface area contributed by atoms with Crippen LogP contribution in [0.4, 0.5) is 0 Å². The Balaban J connectivity index is 1.75. The van der Waals surface area contributed by atoms with Gasteiger partial charge in [-0.25, -0.2) is 0 Å². The number of aromatic nitrogens is 3. The maximum Gasteiger partial charge on any atom is 0.222 e. The third kappa shape index (κ3) is 3.39. The van der Waals surface area contributed by atoms with Crippen LogP contribution in [0.3, 0.4) is 0 Å². The second-order valence-corrected chi connectivity index (χ2v) is 5.85. The summed E-state index contributed by atoms with van der Waals surface area (Å²) in [4.78, 5) is 11.8. The quantitative estimate of drug-likeness (QED) is 0.835. The predicted molar refractivity (Wildman–Crippen MR) is 83.4 cm³/mol. The summed E-state index contributed by atoms with van der Waals surface area (Å²) in [6.07, 6.45) is 2.63. The molecule has 3 rings (SSSR count). The summed E-state index contributed by atoms with van der Waals surface area (Å²) >= 11 is 5.26. The number of hydrogen-bond acceptors (Lipinski definition) is 3. The highest BCUT2D eigenvalue weighted by Gasteiger charge is 2.23. The number of nitrogens with one attached hydrogen (secondary N) is 2. The lowest BCUT2D eigenvalue weighted by atomic mass is 10.1. The number of carbonyl (C=O) groups is 1. The lowest BCUT2D eigenvalue weighted by Crippen LogP contribution is -2.26. The van der Waals surface area contributed by atoms with Crippen LogP contribution < -0.4 is 5.32 Å². The molecule has 1 aliphatic carbocycles. The standard InChI is InChI=1S/C15H18N4OS/c1-10-2-4-11(5-3-10)14-17-18-15(21)19(14)9-8-13(20)16-12-6-7-12/h2-5,12H,6-9H2,1H3,(H,16,20)(H,18,21). The number of hydrogen-bond donors (Lipinski definition) is 2. The molecule has 0 aliphatic heterocycles. The molecule has 0 atom stereocenters. The molecule has 0 saturated heterocycles. The molecular weight excluding hydrogens is 284 g/mol. The Kier molecular flexibility index (Phi) is 3.88. The average Bonchev–Trinajstić information content (AvgIpc) is 3.20. The Hall–Kier alpha value is -1.95. The van der Waals surface area contributed by atoms with E-state index in [1.54, 1.807) is 0 Å². The highest BCUT2D eigenvalue weighted by molar-refractivity contribution is 7.71. The van der Waals surface area contributed by atoms with Crippen molar-refractivity contribution in [1.82, 2.24) is 20.1 Å². The van der Waals surface area contributed by atoms with Gasteiger partial charge < -0.3 is 5.32 Å². The van der Waals surface area contributed by atoms with E-state index in [9.17, 15) is 4.79 Å². The molecule has 1 fully saturated rings. The lowest BCUT2D eigenvalue weighted by molar-refractivity contribution is -0.121. The molecule has 0 unspecified atom stereocenters. The highest BCUT2D eigenvalue weighted by Crippen LogP contribution is 2.20. The van der Waals surface area contributed by atoms with E-state index in [-0.39, 0.29) is 5.91 Å². The van der Waals surface area contributed by atoms with Gasteiger partial charge in [0.25, 0.3) is 0 Å². The van der Waals surface area contributed by atoms with Crippen molar-refractivity contribution in [1.29, 1.82) is 0 Å². The van der Waals surface area contributed by atoms with Crippen molar-refractivity contribution < 1.29 is 4.79 Å². The SMILES string of the molecule is Cc1ccc(-c2n[nH]c(=S)n2CCC(=O)NC2CC2)cc1. The lowest BCUT2D eigenvalue weighted by Gasteiger charge is -2.07. The topological polar surface area (TPSA) is 62.7 Å². The Bertz CT molecular complexity index is 697. The van der Waals surface area contributed by atoms with Gasteiger partial charge >= 0.3 is 0 Å². The van der Waals surface area contributed by atoms with Gasteiger partial charge in [0.1, 0.15) is 0 Å². The normalized spacial score (nSPS) is 14.1. The summed E-state index contributed by atoms with van der Waals surface area (Å²) in [5.41, 5.74) is 2.19. The molecule has 2 N–H and O–H groups in total. The van der Waals surface area contributed by atoms with Gasteiger partial charge in [0.05, 0.1) is 0 Å². The number of aryl methyl sites for hydroxylation is 1. The van der Waals surface area contributed by atoms with E-state index < -0.39 is 0 Å². The van der Waals surface area contributed by atoms with Crippen molar-refractivity contribution in [2.45, 2.75) is 38.8 Å². The van der Waals surface area contributed by atoms with Crippen molar-refractivity contribution >= 4 is 18.1 Å². The summed E-state index contributed by atoms with van der Waals surface area (Å²) in [7, 11) is 0. The molecule has 1 aromatic heterocycles. The largest absolute Gasteiger partial charge is 0.353 e. The zero-order valence-corrected chi connectivity index (χ0v) is 12.7. The summed E-state index contributed by atoms with van der Waals surface area (Å²) in [5, 5.41) is 10.1. The van der Waals surface area contributed by atoms with Gasteiger partial charge in [-0.1, -0.05) is 29.8 Å². The van der Waals surface area contributed by atoms with Gasteiger partial charge in [-0.2, -0.15) is 5.10 Å². The molecule has 2 aromatic rings. The maximum absolute atomic E-state index is 11.8. The molecule has 21 heavy (non-hydrogen) atoms. The number of nitrogens with zero attached hydrogens (tertiary/aromatic N) is 2. The van der Waals surface area contributed by atoms with Crippen molar-refractivity contribution in [2.75, 3.05) is 0 Å². The second kappa shape index (κ2) is 5.81. The smallest absolute Gasteiger partial charge is 0.222 e. The molecular formula is C15H18N4OS. The second-order valence-electron chi connectivity index (χ2n) is 5.46. The van der Waals surface area contributed by atoms with Gasteiger partial charge in [-0.05, 0) is 32.0 Å². The van der Waals surface area contributed by atoms with E-state index in [2.05, 4.69) is 15.5 Å². The Morgan fingerprint density at radius 2 is 2.14 bits per heavy atom. The summed E-state index contributed by atoms with van der Waals surface area (Å²) in [5.74, 6) is 0.856.